The summed E-state index contributed by atoms with van der Waals surface area (Å²) in [4.78, 5) is 14.9. The number of carbonyl (C=O) groups excluding carboxylic acids is 1. The number of amides is 1. The molecule has 2 aromatic carbocycles. The molecule has 4 rings (SSSR count). The van der Waals surface area contributed by atoms with E-state index in [1.54, 1.807) is 19.1 Å². The first-order valence-corrected chi connectivity index (χ1v) is 12.4. The molecule has 33 heavy (non-hydrogen) atoms. The molecule has 1 fully saturated rings. The Hall–Kier alpha value is -2.56. The van der Waals surface area contributed by atoms with E-state index in [0.717, 1.165) is 24.8 Å². The number of aryl methyl sites for hydroxylation is 2. The Bertz CT molecular complexity index is 1100. The van der Waals surface area contributed by atoms with Gasteiger partial charge in [-0.15, -0.1) is 0 Å². The van der Waals surface area contributed by atoms with Crippen LogP contribution in [0.1, 0.15) is 24.5 Å². The summed E-state index contributed by atoms with van der Waals surface area (Å²) >= 11 is 0. The number of ether oxygens (including phenoxy) is 1. The van der Waals surface area contributed by atoms with Crippen LogP contribution in [0.15, 0.2) is 47.4 Å². The van der Waals surface area contributed by atoms with Crippen molar-refractivity contribution in [1.82, 2.24) is 9.21 Å². The van der Waals surface area contributed by atoms with Gasteiger partial charge in [0, 0.05) is 31.9 Å². The van der Waals surface area contributed by atoms with Gasteiger partial charge in [-0.2, -0.15) is 13.1 Å². The van der Waals surface area contributed by atoms with E-state index in [1.807, 2.05) is 11.0 Å². The first-order chi connectivity index (χ1) is 15.7. The van der Waals surface area contributed by atoms with E-state index >= 15 is 0 Å². The molecule has 1 unspecified atom stereocenters. The summed E-state index contributed by atoms with van der Waals surface area (Å²) in [6.07, 6.45) is 2.98. The van der Waals surface area contributed by atoms with E-state index in [4.69, 9.17) is 0 Å². The number of nitrogens with one attached hydrogen (secondary N) is 1. The molecule has 2 aliphatic rings. The van der Waals surface area contributed by atoms with E-state index < -0.39 is 22.7 Å². The Morgan fingerprint density at radius 3 is 2.33 bits per heavy atom. The van der Waals surface area contributed by atoms with Crippen LogP contribution in [0.5, 0.6) is 5.75 Å². The number of nitrogens with zero attached hydrogens (tertiary/aromatic N) is 2. The Morgan fingerprint density at radius 1 is 1.00 bits per heavy atom. The average molecular weight is 480 g/mol. The van der Waals surface area contributed by atoms with Gasteiger partial charge >= 0.3 is 6.61 Å². The number of anilines is 1. The van der Waals surface area contributed by atoms with Gasteiger partial charge in [0.2, 0.25) is 15.9 Å². The standard InChI is InChI=1S/C23H27F2N3O4S/c1-16(22(29)26-19-6-8-20(9-7-19)32-23(24)25)27-11-13-28(14-12-27)33(30,31)21-10-5-17-3-2-4-18(17)15-21/h5-10,15-16,23H,2-4,11-14H2,1H3,(H,26,29). The third-order valence-corrected chi connectivity index (χ3v) is 8.15. The van der Waals surface area contributed by atoms with Crippen molar-refractivity contribution in [3.63, 3.8) is 0 Å². The number of benzene rings is 2. The van der Waals surface area contributed by atoms with Gasteiger partial charge in [-0.1, -0.05) is 6.07 Å². The number of hydrogen-bond acceptors (Lipinski definition) is 5. The molecule has 1 aliphatic carbocycles. The fourth-order valence-corrected chi connectivity index (χ4v) is 5.79. The largest absolute Gasteiger partial charge is 0.435 e. The maximum absolute atomic E-state index is 13.1. The van der Waals surface area contributed by atoms with Gasteiger partial charge in [-0.05, 0) is 73.7 Å². The van der Waals surface area contributed by atoms with Gasteiger partial charge in [-0.3, -0.25) is 9.69 Å². The molecule has 1 aliphatic heterocycles. The molecular weight excluding hydrogens is 452 g/mol. The van der Waals surface area contributed by atoms with E-state index in [1.165, 1.54) is 34.1 Å². The molecule has 0 spiro atoms. The lowest BCUT2D eigenvalue weighted by atomic mass is 10.1. The Morgan fingerprint density at radius 2 is 1.67 bits per heavy atom. The number of alkyl halides is 2. The van der Waals surface area contributed by atoms with Crippen molar-refractivity contribution in [3.05, 3.63) is 53.6 Å². The molecule has 0 aromatic heterocycles. The zero-order chi connectivity index (χ0) is 23.6. The minimum absolute atomic E-state index is 0.0109. The molecular formula is C23H27F2N3O4S. The predicted octanol–water partition coefficient (Wildman–Crippen LogP) is 3.11. The van der Waals surface area contributed by atoms with Crippen LogP contribution < -0.4 is 10.1 Å². The van der Waals surface area contributed by atoms with E-state index in [0.29, 0.717) is 36.8 Å². The second-order valence-electron chi connectivity index (χ2n) is 8.29. The van der Waals surface area contributed by atoms with Crippen molar-refractivity contribution in [2.24, 2.45) is 0 Å². The molecule has 0 saturated carbocycles. The molecule has 2 aromatic rings. The van der Waals surface area contributed by atoms with E-state index in [2.05, 4.69) is 10.1 Å². The van der Waals surface area contributed by atoms with Gasteiger partial charge in [0.15, 0.2) is 0 Å². The van der Waals surface area contributed by atoms with Crippen molar-refractivity contribution in [3.8, 4) is 5.75 Å². The fraction of sp³-hybridized carbons (Fsp3) is 0.435. The SMILES string of the molecule is CC(C(=O)Nc1ccc(OC(F)F)cc1)N1CCN(S(=O)(=O)c2ccc3c(c2)CCC3)CC1. The van der Waals surface area contributed by atoms with E-state index in [-0.39, 0.29) is 11.7 Å². The minimum Gasteiger partial charge on any atom is -0.435 e. The number of sulfonamides is 1. The third kappa shape index (κ3) is 5.34. The second-order valence-corrected chi connectivity index (χ2v) is 10.2. The number of halogens is 2. The van der Waals surface area contributed by atoms with Crippen LogP contribution in [-0.2, 0) is 27.7 Å². The van der Waals surface area contributed by atoms with Crippen LogP contribution in [0.3, 0.4) is 0 Å². The quantitative estimate of drug-likeness (QED) is 0.660. The summed E-state index contributed by atoms with van der Waals surface area (Å²) in [6.45, 7) is 0.317. The molecule has 1 saturated heterocycles. The lowest BCUT2D eigenvalue weighted by molar-refractivity contribution is -0.121. The number of carbonyl (C=O) groups is 1. The molecule has 0 bridgehead atoms. The Kier molecular flexibility index (Phi) is 6.96. The highest BCUT2D eigenvalue weighted by atomic mass is 32.2. The number of piperazine rings is 1. The normalized spacial score (nSPS) is 18.2. The fourth-order valence-electron chi connectivity index (χ4n) is 4.32. The molecule has 0 radical (unpaired) electrons. The molecule has 1 N–H and O–H groups in total. The highest BCUT2D eigenvalue weighted by Gasteiger charge is 2.32. The summed E-state index contributed by atoms with van der Waals surface area (Å²) in [6, 6.07) is 10.6. The van der Waals surface area contributed by atoms with Crippen LogP contribution in [0, 0.1) is 0 Å². The number of rotatable bonds is 7. The minimum atomic E-state index is -3.57. The highest BCUT2D eigenvalue weighted by Crippen LogP contribution is 2.27. The smallest absolute Gasteiger partial charge is 0.387 e. The van der Waals surface area contributed by atoms with Crippen LogP contribution >= 0.6 is 0 Å². The second kappa shape index (κ2) is 9.74. The zero-order valence-corrected chi connectivity index (χ0v) is 19.2. The molecule has 1 amide bonds. The molecule has 10 heteroatoms. The third-order valence-electron chi connectivity index (χ3n) is 6.26. The van der Waals surface area contributed by atoms with Gasteiger partial charge in [0.1, 0.15) is 5.75 Å². The van der Waals surface area contributed by atoms with Crippen LogP contribution in [0.25, 0.3) is 0 Å². The van der Waals surface area contributed by atoms with Crippen LogP contribution in [-0.4, -0.2) is 62.4 Å². The lowest BCUT2D eigenvalue weighted by Gasteiger charge is -2.36. The average Bonchev–Trinajstić information content (AvgIpc) is 3.27. The predicted molar refractivity (Wildman–Crippen MR) is 120 cm³/mol. The lowest BCUT2D eigenvalue weighted by Crippen LogP contribution is -2.53. The maximum atomic E-state index is 13.1. The number of hydrogen-bond donors (Lipinski definition) is 1. The summed E-state index contributed by atoms with van der Waals surface area (Å²) < 4.78 is 56.5. The molecule has 178 valence electrons. The summed E-state index contributed by atoms with van der Waals surface area (Å²) in [5.74, 6) is -0.246. The van der Waals surface area contributed by atoms with Crippen LogP contribution in [0.2, 0.25) is 0 Å². The monoisotopic (exact) mass is 479 g/mol. The zero-order valence-electron chi connectivity index (χ0n) is 18.3. The van der Waals surface area contributed by atoms with Crippen molar-refractivity contribution >= 4 is 21.6 Å². The first-order valence-electron chi connectivity index (χ1n) is 11.0. The molecule has 1 heterocycles. The van der Waals surface area contributed by atoms with Crippen molar-refractivity contribution < 1.29 is 26.7 Å². The Balaban J connectivity index is 1.32. The van der Waals surface area contributed by atoms with Crippen molar-refractivity contribution in [2.75, 3.05) is 31.5 Å². The first kappa shape index (κ1) is 23.6. The molecule has 7 nitrogen and oxygen atoms in total. The summed E-state index contributed by atoms with van der Waals surface area (Å²) in [7, 11) is -3.57. The summed E-state index contributed by atoms with van der Waals surface area (Å²) in [5.41, 5.74) is 2.81. The summed E-state index contributed by atoms with van der Waals surface area (Å²) in [5, 5.41) is 2.76. The van der Waals surface area contributed by atoms with Gasteiger partial charge in [0.25, 0.3) is 0 Å². The van der Waals surface area contributed by atoms with Crippen molar-refractivity contribution in [2.45, 2.75) is 43.7 Å². The van der Waals surface area contributed by atoms with Gasteiger partial charge in [-0.25, -0.2) is 8.42 Å². The highest BCUT2D eigenvalue weighted by molar-refractivity contribution is 7.89. The molecule has 1 atom stereocenters. The topological polar surface area (TPSA) is 79.0 Å². The van der Waals surface area contributed by atoms with Crippen LogP contribution in [0.4, 0.5) is 14.5 Å². The van der Waals surface area contributed by atoms with Gasteiger partial charge < -0.3 is 10.1 Å². The van der Waals surface area contributed by atoms with E-state index in [9.17, 15) is 22.0 Å². The van der Waals surface area contributed by atoms with Crippen molar-refractivity contribution in [1.29, 1.82) is 0 Å². The number of fused-ring (bicyclic) bond motifs is 1. The maximum Gasteiger partial charge on any atom is 0.387 e. The Labute approximate surface area is 192 Å². The van der Waals surface area contributed by atoms with Gasteiger partial charge in [0.05, 0.1) is 10.9 Å².